The van der Waals surface area contributed by atoms with Crippen molar-refractivity contribution in [3.8, 4) is 0 Å². The number of rotatable bonds is 0. The van der Waals surface area contributed by atoms with Crippen LogP contribution in [0.5, 0.6) is 0 Å². The summed E-state index contributed by atoms with van der Waals surface area (Å²) in [6.07, 6.45) is -1.46. The molecule has 0 aromatic heterocycles. The first-order valence-electron chi connectivity index (χ1n) is 1.74. The molecule has 0 aliphatic carbocycles. The van der Waals surface area contributed by atoms with Gasteiger partial charge in [-0.2, -0.15) is 15.5 Å². The van der Waals surface area contributed by atoms with E-state index in [0.717, 1.165) is 0 Å². The zero-order valence-corrected chi connectivity index (χ0v) is 4.16. The minimum Gasteiger partial charge on any atom is -0.349 e. The van der Waals surface area contributed by atoms with Crippen molar-refractivity contribution in [3.63, 3.8) is 0 Å². The molecule has 0 fully saturated rings. The first-order valence-corrected chi connectivity index (χ1v) is 1.74. The molecule has 0 aliphatic rings. The Hall–Kier alpha value is -1.50. The van der Waals surface area contributed by atoms with Crippen molar-refractivity contribution in [3.05, 3.63) is 0 Å². The summed E-state index contributed by atoms with van der Waals surface area (Å²) in [6, 6.07) is -1.07. The van der Waals surface area contributed by atoms with E-state index in [-0.39, 0.29) is 0 Å². The van der Waals surface area contributed by atoms with Gasteiger partial charge in [0.15, 0.2) is 0 Å². The van der Waals surface area contributed by atoms with Crippen molar-refractivity contribution in [2.24, 2.45) is 5.73 Å². The van der Waals surface area contributed by atoms with Gasteiger partial charge in [0, 0.05) is 0 Å². The monoisotopic (exact) mass is 136 g/mol. The van der Waals surface area contributed by atoms with Gasteiger partial charge in [0.05, 0.1) is 0 Å². The molecule has 0 aliphatic heterocycles. The van der Waals surface area contributed by atoms with E-state index >= 15 is 0 Å². The van der Waals surface area contributed by atoms with Crippen LogP contribution in [0.15, 0.2) is 0 Å². The van der Waals surface area contributed by atoms with Gasteiger partial charge >= 0.3 is 12.2 Å². The summed E-state index contributed by atoms with van der Waals surface area (Å²) >= 11 is 0. The molecule has 0 saturated carbocycles. The maximum Gasteiger partial charge on any atom is 0.565 e. The fourth-order valence-electron chi connectivity index (χ4n) is 0.111. The Kier molecular flexibility index (Phi) is 2.91. The molecular formula is C2H4N2O5. The van der Waals surface area contributed by atoms with Crippen LogP contribution in [-0.2, 0) is 9.73 Å². The molecule has 0 aromatic rings. The summed E-state index contributed by atoms with van der Waals surface area (Å²) in [4.78, 5) is 26.1. The van der Waals surface area contributed by atoms with E-state index in [1.165, 1.54) is 5.48 Å². The number of nitrogens with two attached hydrogens (primary N) is 1. The van der Waals surface area contributed by atoms with Gasteiger partial charge in [-0.15, -0.1) is 0 Å². The van der Waals surface area contributed by atoms with Gasteiger partial charge in [0.2, 0.25) is 0 Å². The van der Waals surface area contributed by atoms with E-state index in [2.05, 4.69) is 15.5 Å². The normalized spacial score (nSPS) is 7.67. The first kappa shape index (κ1) is 7.50. The third-order valence-electron chi connectivity index (χ3n) is 0.309. The van der Waals surface area contributed by atoms with E-state index in [1.54, 1.807) is 0 Å². The molecule has 0 atom stereocenters. The topological polar surface area (TPSA) is 111 Å². The molecule has 2 amide bonds. The molecule has 0 spiro atoms. The zero-order chi connectivity index (χ0) is 7.28. The highest BCUT2D eigenvalue weighted by atomic mass is 17.2. The Morgan fingerprint density at radius 3 is 2.44 bits per heavy atom. The van der Waals surface area contributed by atoms with Gasteiger partial charge in [-0.05, 0) is 0 Å². The second-order valence-electron chi connectivity index (χ2n) is 0.910. The average Bonchev–Trinajstić information content (AvgIpc) is 1.83. The summed E-state index contributed by atoms with van der Waals surface area (Å²) in [5.74, 6) is 0. The maximum absolute atomic E-state index is 9.75. The lowest BCUT2D eigenvalue weighted by Crippen LogP contribution is -2.31. The Morgan fingerprint density at radius 1 is 1.56 bits per heavy atom. The third-order valence-corrected chi connectivity index (χ3v) is 0.309. The van der Waals surface area contributed by atoms with Crippen LogP contribution in [0.3, 0.4) is 0 Å². The zero-order valence-electron chi connectivity index (χ0n) is 4.16. The van der Waals surface area contributed by atoms with Crippen LogP contribution in [0.25, 0.3) is 0 Å². The number of nitrogens with one attached hydrogen (secondary N) is 1. The number of primary amides is 1. The van der Waals surface area contributed by atoms with Crippen LogP contribution in [0.2, 0.25) is 0 Å². The lowest BCUT2D eigenvalue weighted by atomic mass is 11.2. The van der Waals surface area contributed by atoms with Gasteiger partial charge < -0.3 is 10.6 Å². The number of urea groups is 1. The maximum atomic E-state index is 9.75. The molecule has 0 heterocycles. The highest BCUT2D eigenvalue weighted by Gasteiger charge is 2.02. The molecule has 9 heavy (non-hydrogen) atoms. The lowest BCUT2D eigenvalue weighted by molar-refractivity contribution is -0.204. The number of hydrogen-bond donors (Lipinski definition) is 3. The predicted octanol–water partition coefficient (Wildman–Crippen LogP) is -0.804. The van der Waals surface area contributed by atoms with Crippen molar-refractivity contribution in [1.82, 2.24) is 5.48 Å². The van der Waals surface area contributed by atoms with E-state index in [9.17, 15) is 9.59 Å². The van der Waals surface area contributed by atoms with Crippen molar-refractivity contribution in [1.29, 1.82) is 0 Å². The minimum atomic E-state index is -1.46. The summed E-state index contributed by atoms with van der Waals surface area (Å²) in [5.41, 5.74) is 5.83. The molecular weight excluding hydrogens is 132 g/mol. The van der Waals surface area contributed by atoms with Gasteiger partial charge in [-0.1, -0.05) is 0 Å². The fraction of sp³-hybridized carbons (Fsp3) is 0. The summed E-state index contributed by atoms with van der Waals surface area (Å²) in [7, 11) is 0. The highest BCUT2D eigenvalue weighted by molar-refractivity contribution is 5.72. The Bertz CT molecular complexity index is 122. The van der Waals surface area contributed by atoms with Crippen LogP contribution in [-0.4, -0.2) is 17.4 Å². The van der Waals surface area contributed by atoms with Crippen molar-refractivity contribution in [2.75, 3.05) is 0 Å². The van der Waals surface area contributed by atoms with Crippen molar-refractivity contribution < 1.29 is 24.6 Å². The SMILES string of the molecule is NC(=O)NOC(=O)OO. The van der Waals surface area contributed by atoms with Crippen LogP contribution >= 0.6 is 0 Å². The quantitative estimate of drug-likeness (QED) is 0.298. The lowest BCUT2D eigenvalue weighted by Gasteiger charge is -1.96. The molecule has 7 nitrogen and oxygen atoms in total. The van der Waals surface area contributed by atoms with Crippen LogP contribution < -0.4 is 11.2 Å². The van der Waals surface area contributed by atoms with Gasteiger partial charge in [0.25, 0.3) is 0 Å². The smallest absolute Gasteiger partial charge is 0.349 e. The standard InChI is InChI=1S/C2H4N2O5/c3-1(5)4-8-2(6)9-7/h7H,(H3,3,4,5). The Labute approximate surface area is 49.2 Å². The molecule has 52 valence electrons. The third kappa shape index (κ3) is 4.35. The van der Waals surface area contributed by atoms with Gasteiger partial charge in [-0.25, -0.2) is 4.79 Å². The number of amides is 2. The van der Waals surface area contributed by atoms with E-state index in [0.29, 0.717) is 0 Å². The summed E-state index contributed by atoms with van der Waals surface area (Å²) in [6.45, 7) is 0. The molecule has 0 saturated heterocycles. The second-order valence-corrected chi connectivity index (χ2v) is 0.910. The minimum absolute atomic E-state index is 1.07. The molecule has 7 heteroatoms. The number of hydroxylamine groups is 1. The molecule has 0 radical (unpaired) electrons. The predicted molar refractivity (Wildman–Crippen MR) is 22.9 cm³/mol. The first-order chi connectivity index (χ1) is 4.16. The van der Waals surface area contributed by atoms with E-state index in [4.69, 9.17) is 5.26 Å². The molecule has 0 rings (SSSR count). The molecule has 0 unspecified atom stereocenters. The van der Waals surface area contributed by atoms with Crippen molar-refractivity contribution in [2.45, 2.75) is 0 Å². The van der Waals surface area contributed by atoms with Gasteiger partial charge in [-0.3, -0.25) is 4.89 Å². The van der Waals surface area contributed by atoms with Crippen LogP contribution in [0.4, 0.5) is 9.59 Å². The largest absolute Gasteiger partial charge is 0.565 e. The van der Waals surface area contributed by atoms with Crippen molar-refractivity contribution >= 4 is 12.2 Å². The number of carbonyl (C=O) groups excluding carboxylic acids is 2. The summed E-state index contributed by atoms with van der Waals surface area (Å²) in [5, 5.41) is 7.48. The second kappa shape index (κ2) is 3.50. The highest BCUT2D eigenvalue weighted by Crippen LogP contribution is 1.74. The number of carbonyl (C=O) groups is 2. The summed E-state index contributed by atoms with van der Waals surface area (Å²) < 4.78 is 0. The molecule has 0 bridgehead atoms. The van der Waals surface area contributed by atoms with E-state index in [1.807, 2.05) is 0 Å². The molecule has 0 aromatic carbocycles. The Morgan fingerprint density at radius 2 is 2.11 bits per heavy atom. The van der Waals surface area contributed by atoms with E-state index < -0.39 is 12.2 Å². The average molecular weight is 136 g/mol. The van der Waals surface area contributed by atoms with Gasteiger partial charge in [0.1, 0.15) is 0 Å². The molecule has 4 N–H and O–H groups in total. The number of hydrogen-bond acceptors (Lipinski definition) is 5. The Balaban J connectivity index is 3.28. The van der Waals surface area contributed by atoms with Crippen LogP contribution in [0, 0.1) is 0 Å². The fourth-order valence-corrected chi connectivity index (χ4v) is 0.111. The van der Waals surface area contributed by atoms with Crippen LogP contribution in [0.1, 0.15) is 0 Å².